The van der Waals surface area contributed by atoms with Crippen molar-refractivity contribution >= 4 is 5.78 Å². The largest absolute Gasteiger partial charge is 0.300 e. The molecule has 0 aromatic heterocycles. The summed E-state index contributed by atoms with van der Waals surface area (Å²) in [5, 5.41) is 0. The van der Waals surface area contributed by atoms with Crippen LogP contribution in [0.4, 0.5) is 0 Å². The molecule has 1 nitrogen and oxygen atoms in total. The van der Waals surface area contributed by atoms with Crippen LogP contribution in [-0.2, 0) is 4.79 Å². The molecule has 0 aliphatic heterocycles. The third kappa shape index (κ3) is 3.42. The Bertz CT molecular complexity index is 355. The molecule has 0 heterocycles. The molecule has 0 aliphatic carbocycles. The lowest BCUT2D eigenvalue weighted by molar-refractivity contribution is -0.122. The zero-order chi connectivity index (χ0) is 13.0. The van der Waals surface area contributed by atoms with Crippen molar-refractivity contribution in [3.8, 4) is 0 Å². The molecule has 0 radical (unpaired) electrons. The molecule has 1 rings (SSSR count). The van der Waals surface area contributed by atoms with Gasteiger partial charge in [-0.15, -0.1) is 0 Å². The number of ketones is 1. The first-order valence-electron chi connectivity index (χ1n) is 6.50. The molecule has 17 heavy (non-hydrogen) atoms. The highest BCUT2D eigenvalue weighted by molar-refractivity contribution is 5.78. The predicted molar refractivity (Wildman–Crippen MR) is 73.0 cm³/mol. The average Bonchev–Trinajstić information content (AvgIpc) is 2.36. The van der Waals surface area contributed by atoms with E-state index in [0.717, 1.165) is 0 Å². The minimum absolute atomic E-state index is 0.149. The monoisotopic (exact) mass is 232 g/mol. The minimum atomic E-state index is 0.149. The van der Waals surface area contributed by atoms with Gasteiger partial charge in [-0.1, -0.05) is 58.0 Å². The summed E-state index contributed by atoms with van der Waals surface area (Å²) in [5.41, 5.74) is 1.36. The van der Waals surface area contributed by atoms with Gasteiger partial charge in [0.15, 0.2) is 0 Å². The van der Waals surface area contributed by atoms with Gasteiger partial charge < -0.3 is 0 Å². The van der Waals surface area contributed by atoms with Gasteiger partial charge in [-0.05, 0) is 30.2 Å². The summed E-state index contributed by atoms with van der Waals surface area (Å²) in [6.07, 6.45) is 0. The van der Waals surface area contributed by atoms with Crippen molar-refractivity contribution < 1.29 is 4.79 Å². The van der Waals surface area contributed by atoms with E-state index in [2.05, 4.69) is 45.0 Å². The fraction of sp³-hybridized carbons (Fsp3) is 0.562. The Kier molecular flexibility index (Phi) is 4.92. The van der Waals surface area contributed by atoms with Crippen LogP contribution in [0.2, 0.25) is 0 Å². The summed E-state index contributed by atoms with van der Waals surface area (Å²) in [6, 6.07) is 10.6. The van der Waals surface area contributed by atoms with E-state index in [1.165, 1.54) is 5.56 Å². The highest BCUT2D eigenvalue weighted by Crippen LogP contribution is 2.33. The second-order valence-electron chi connectivity index (χ2n) is 5.32. The summed E-state index contributed by atoms with van der Waals surface area (Å²) in [6.45, 7) is 10.4. The van der Waals surface area contributed by atoms with Crippen LogP contribution >= 0.6 is 0 Å². The van der Waals surface area contributed by atoms with Crippen molar-refractivity contribution in [3.05, 3.63) is 35.9 Å². The van der Waals surface area contributed by atoms with Crippen LogP contribution in [0, 0.1) is 17.8 Å². The molecule has 0 saturated carbocycles. The van der Waals surface area contributed by atoms with Crippen molar-refractivity contribution in [2.24, 2.45) is 17.8 Å². The van der Waals surface area contributed by atoms with E-state index in [1.54, 1.807) is 6.92 Å². The summed E-state index contributed by atoms with van der Waals surface area (Å²) < 4.78 is 0. The van der Waals surface area contributed by atoms with E-state index < -0.39 is 0 Å². The molecular weight excluding hydrogens is 208 g/mol. The first-order chi connectivity index (χ1) is 7.95. The Hall–Kier alpha value is -1.11. The lowest BCUT2D eigenvalue weighted by Gasteiger charge is -2.29. The normalized spacial score (nSPS) is 18.2. The fourth-order valence-corrected chi connectivity index (χ4v) is 2.34. The van der Waals surface area contributed by atoms with Gasteiger partial charge in [0.05, 0.1) is 0 Å². The SMILES string of the molecule is CC(=O)C(C)C(C)C(C)C(C)c1ccccc1. The maximum absolute atomic E-state index is 11.4. The van der Waals surface area contributed by atoms with Crippen LogP contribution in [0.5, 0.6) is 0 Å². The maximum Gasteiger partial charge on any atom is 0.132 e. The molecule has 0 amide bonds. The zero-order valence-electron chi connectivity index (χ0n) is 11.6. The Morgan fingerprint density at radius 3 is 1.94 bits per heavy atom. The van der Waals surface area contributed by atoms with Crippen LogP contribution in [0.3, 0.4) is 0 Å². The first-order valence-corrected chi connectivity index (χ1v) is 6.50. The van der Waals surface area contributed by atoms with Gasteiger partial charge in [-0.25, -0.2) is 0 Å². The average molecular weight is 232 g/mol. The Balaban J connectivity index is 2.76. The molecule has 0 fully saturated rings. The van der Waals surface area contributed by atoms with Gasteiger partial charge in [-0.3, -0.25) is 4.79 Å². The Labute approximate surface area is 105 Å². The van der Waals surface area contributed by atoms with Crippen LogP contribution in [0.25, 0.3) is 0 Å². The second-order valence-corrected chi connectivity index (χ2v) is 5.32. The van der Waals surface area contributed by atoms with Gasteiger partial charge in [0.1, 0.15) is 5.78 Å². The molecule has 4 unspecified atom stereocenters. The van der Waals surface area contributed by atoms with E-state index in [4.69, 9.17) is 0 Å². The van der Waals surface area contributed by atoms with E-state index in [9.17, 15) is 4.79 Å². The maximum atomic E-state index is 11.4. The van der Waals surface area contributed by atoms with Crippen molar-refractivity contribution in [3.63, 3.8) is 0 Å². The number of carbonyl (C=O) groups is 1. The van der Waals surface area contributed by atoms with Gasteiger partial charge in [-0.2, -0.15) is 0 Å². The lowest BCUT2D eigenvalue weighted by atomic mass is 9.75. The van der Waals surface area contributed by atoms with Crippen molar-refractivity contribution in [2.75, 3.05) is 0 Å². The second kappa shape index (κ2) is 6.00. The number of carbonyl (C=O) groups excluding carboxylic acids is 1. The molecule has 94 valence electrons. The molecule has 0 N–H and O–H groups in total. The van der Waals surface area contributed by atoms with Crippen molar-refractivity contribution in [2.45, 2.75) is 40.5 Å². The summed E-state index contributed by atoms with van der Waals surface area (Å²) in [5.74, 6) is 1.87. The molecule has 0 spiro atoms. The van der Waals surface area contributed by atoms with E-state index in [1.807, 2.05) is 13.0 Å². The Morgan fingerprint density at radius 1 is 0.941 bits per heavy atom. The van der Waals surface area contributed by atoms with Crippen molar-refractivity contribution in [1.29, 1.82) is 0 Å². The Morgan fingerprint density at radius 2 is 1.47 bits per heavy atom. The fourth-order valence-electron chi connectivity index (χ4n) is 2.34. The molecule has 1 aromatic rings. The minimum Gasteiger partial charge on any atom is -0.300 e. The highest BCUT2D eigenvalue weighted by atomic mass is 16.1. The number of rotatable bonds is 5. The van der Waals surface area contributed by atoms with E-state index in [-0.39, 0.29) is 5.92 Å². The number of benzene rings is 1. The van der Waals surface area contributed by atoms with Gasteiger partial charge >= 0.3 is 0 Å². The first kappa shape index (κ1) is 14.0. The molecule has 0 saturated heterocycles. The molecule has 1 heteroatoms. The molecule has 4 atom stereocenters. The predicted octanol–water partition coefficient (Wildman–Crippen LogP) is 4.29. The summed E-state index contributed by atoms with van der Waals surface area (Å²) in [4.78, 5) is 11.4. The third-order valence-electron chi connectivity index (χ3n) is 4.37. The number of hydrogen-bond donors (Lipinski definition) is 0. The third-order valence-corrected chi connectivity index (χ3v) is 4.37. The van der Waals surface area contributed by atoms with Crippen molar-refractivity contribution in [1.82, 2.24) is 0 Å². The van der Waals surface area contributed by atoms with Gasteiger partial charge in [0.2, 0.25) is 0 Å². The molecule has 0 bridgehead atoms. The van der Waals surface area contributed by atoms with Crippen LogP contribution in [0.15, 0.2) is 30.3 Å². The topological polar surface area (TPSA) is 17.1 Å². The van der Waals surface area contributed by atoms with Crippen LogP contribution < -0.4 is 0 Å². The number of hydrogen-bond acceptors (Lipinski definition) is 1. The van der Waals surface area contributed by atoms with Crippen LogP contribution in [0.1, 0.15) is 46.1 Å². The van der Waals surface area contributed by atoms with Gasteiger partial charge in [0.25, 0.3) is 0 Å². The van der Waals surface area contributed by atoms with Gasteiger partial charge in [0, 0.05) is 5.92 Å². The standard InChI is InChI=1S/C16H24O/c1-11(13(3)15(5)17)12(2)14(4)16-9-7-6-8-10-16/h6-14H,1-5H3. The summed E-state index contributed by atoms with van der Waals surface area (Å²) in [7, 11) is 0. The van der Waals surface area contributed by atoms with Crippen LogP contribution in [-0.4, -0.2) is 5.78 Å². The molecule has 1 aromatic carbocycles. The quantitative estimate of drug-likeness (QED) is 0.740. The molecule has 0 aliphatic rings. The molecular formula is C16H24O. The zero-order valence-corrected chi connectivity index (χ0v) is 11.6. The summed E-state index contributed by atoms with van der Waals surface area (Å²) >= 11 is 0. The van der Waals surface area contributed by atoms with E-state index in [0.29, 0.717) is 23.5 Å². The smallest absolute Gasteiger partial charge is 0.132 e. The number of Topliss-reactive ketones (excluding diaryl/α,β-unsaturated/α-hetero) is 1. The lowest BCUT2D eigenvalue weighted by Crippen LogP contribution is -2.25. The highest BCUT2D eigenvalue weighted by Gasteiger charge is 2.26. The van der Waals surface area contributed by atoms with E-state index >= 15 is 0 Å².